The van der Waals surface area contributed by atoms with Gasteiger partial charge in [-0.1, -0.05) is 30.3 Å². The molecule has 11 heteroatoms. The molecule has 1 aromatic carbocycles. The van der Waals surface area contributed by atoms with Gasteiger partial charge in [0.1, 0.15) is 12.5 Å². The molecule has 166 valence electrons. The average molecular weight is 445 g/mol. The number of hydrogen-bond acceptors (Lipinski definition) is 6. The third-order valence-electron chi connectivity index (χ3n) is 4.61. The standard InChI is InChI=1S/C21H19F4N7/c1-13-2-7-17(28-12-13)26-8-9-27-20-29-16(15-5-3-14(11-22)4-6-15)10-18-30-19(21(23,24)25)31-32(18)20/h2-7,10,12H,8-9,11H2,1H3,(H,26,28)(H,27,29). The second-order valence-electron chi connectivity index (χ2n) is 7.07. The van der Waals surface area contributed by atoms with Crippen molar-refractivity contribution in [2.45, 2.75) is 19.8 Å². The highest BCUT2D eigenvalue weighted by atomic mass is 19.4. The SMILES string of the molecule is Cc1ccc(NCCNc2nc(-c3ccc(CF)cc3)cc3nc(C(F)(F)F)nn23)nc1. The van der Waals surface area contributed by atoms with Crippen LogP contribution in [0.3, 0.4) is 0 Å². The molecule has 0 saturated heterocycles. The van der Waals surface area contributed by atoms with Gasteiger partial charge in [0.15, 0.2) is 5.65 Å². The number of rotatable bonds is 7. The van der Waals surface area contributed by atoms with Gasteiger partial charge in [-0.3, -0.25) is 0 Å². The van der Waals surface area contributed by atoms with Gasteiger partial charge in [-0.25, -0.2) is 19.3 Å². The van der Waals surface area contributed by atoms with E-state index in [1.165, 1.54) is 6.07 Å². The van der Waals surface area contributed by atoms with Crippen LogP contribution in [-0.2, 0) is 12.9 Å². The number of anilines is 2. The van der Waals surface area contributed by atoms with Crippen LogP contribution >= 0.6 is 0 Å². The first kappa shape index (κ1) is 21.5. The van der Waals surface area contributed by atoms with Crippen molar-refractivity contribution >= 4 is 17.4 Å². The van der Waals surface area contributed by atoms with Crippen LogP contribution < -0.4 is 10.6 Å². The van der Waals surface area contributed by atoms with E-state index >= 15 is 0 Å². The van der Waals surface area contributed by atoms with Crippen molar-refractivity contribution in [1.29, 1.82) is 0 Å². The lowest BCUT2D eigenvalue weighted by Gasteiger charge is -2.11. The summed E-state index contributed by atoms with van der Waals surface area (Å²) in [5, 5.41) is 9.68. The van der Waals surface area contributed by atoms with Gasteiger partial charge >= 0.3 is 6.18 Å². The predicted molar refractivity (Wildman–Crippen MR) is 112 cm³/mol. The Labute approximate surface area is 180 Å². The molecule has 0 aliphatic rings. The van der Waals surface area contributed by atoms with Gasteiger partial charge in [0.2, 0.25) is 5.95 Å². The zero-order valence-corrected chi connectivity index (χ0v) is 17.0. The molecule has 0 saturated carbocycles. The van der Waals surface area contributed by atoms with Crippen LogP contribution in [-0.4, -0.2) is 37.7 Å². The molecule has 3 aromatic heterocycles. The Bertz CT molecular complexity index is 1200. The van der Waals surface area contributed by atoms with E-state index < -0.39 is 18.7 Å². The highest BCUT2D eigenvalue weighted by molar-refractivity contribution is 5.66. The van der Waals surface area contributed by atoms with Crippen LogP contribution in [0, 0.1) is 6.92 Å². The normalized spacial score (nSPS) is 11.7. The molecule has 0 amide bonds. The maximum atomic E-state index is 13.2. The maximum Gasteiger partial charge on any atom is 0.453 e. The minimum absolute atomic E-state index is 0.00689. The van der Waals surface area contributed by atoms with Crippen LogP contribution in [0.25, 0.3) is 16.9 Å². The molecule has 7 nitrogen and oxygen atoms in total. The van der Waals surface area contributed by atoms with Crippen molar-refractivity contribution in [2.75, 3.05) is 23.7 Å². The summed E-state index contributed by atoms with van der Waals surface area (Å²) in [7, 11) is 0. The highest BCUT2D eigenvalue weighted by Crippen LogP contribution is 2.28. The predicted octanol–water partition coefficient (Wildman–Crippen LogP) is 4.51. The Morgan fingerprint density at radius 2 is 1.72 bits per heavy atom. The molecule has 4 aromatic rings. The molecule has 0 aliphatic carbocycles. The van der Waals surface area contributed by atoms with Crippen LogP contribution in [0.5, 0.6) is 0 Å². The molecule has 0 aliphatic heterocycles. The fourth-order valence-electron chi connectivity index (χ4n) is 2.97. The summed E-state index contributed by atoms with van der Waals surface area (Å²) in [5.41, 5.74) is 2.52. The van der Waals surface area contributed by atoms with E-state index in [-0.39, 0.29) is 11.6 Å². The largest absolute Gasteiger partial charge is 0.453 e. The zero-order chi connectivity index (χ0) is 22.7. The number of halogens is 4. The number of benzene rings is 1. The first-order chi connectivity index (χ1) is 15.3. The Kier molecular flexibility index (Phi) is 5.89. The number of nitrogens with zero attached hydrogens (tertiary/aromatic N) is 5. The van der Waals surface area contributed by atoms with E-state index in [1.54, 1.807) is 30.5 Å². The molecule has 0 radical (unpaired) electrons. The molecule has 0 atom stereocenters. The molecule has 0 spiro atoms. The number of nitrogens with one attached hydrogen (secondary N) is 2. The summed E-state index contributed by atoms with van der Waals surface area (Å²) < 4.78 is 53.3. The number of aromatic nitrogens is 5. The quantitative estimate of drug-likeness (QED) is 0.322. The first-order valence-corrected chi connectivity index (χ1v) is 9.74. The number of hydrogen-bond donors (Lipinski definition) is 2. The van der Waals surface area contributed by atoms with Gasteiger partial charge in [0.05, 0.1) is 5.69 Å². The zero-order valence-electron chi connectivity index (χ0n) is 17.0. The molecular weight excluding hydrogens is 426 g/mol. The molecule has 2 N–H and O–H groups in total. The molecule has 0 bridgehead atoms. The third kappa shape index (κ3) is 4.76. The van der Waals surface area contributed by atoms with Crippen molar-refractivity contribution < 1.29 is 17.6 Å². The molecule has 0 fully saturated rings. The van der Waals surface area contributed by atoms with E-state index in [0.29, 0.717) is 35.7 Å². The maximum absolute atomic E-state index is 13.2. The lowest BCUT2D eigenvalue weighted by molar-refractivity contribution is -0.144. The van der Waals surface area contributed by atoms with E-state index in [4.69, 9.17) is 0 Å². The Morgan fingerprint density at radius 3 is 2.38 bits per heavy atom. The lowest BCUT2D eigenvalue weighted by Crippen LogP contribution is -2.17. The third-order valence-corrected chi connectivity index (χ3v) is 4.61. The van der Waals surface area contributed by atoms with Crippen molar-refractivity contribution in [3.05, 3.63) is 65.6 Å². The monoisotopic (exact) mass is 445 g/mol. The van der Waals surface area contributed by atoms with Crippen molar-refractivity contribution in [3.8, 4) is 11.3 Å². The summed E-state index contributed by atoms with van der Waals surface area (Å²) in [4.78, 5) is 12.3. The van der Waals surface area contributed by atoms with Gasteiger partial charge in [0.25, 0.3) is 5.82 Å². The fourth-order valence-corrected chi connectivity index (χ4v) is 2.97. The Balaban J connectivity index is 1.60. The van der Waals surface area contributed by atoms with Gasteiger partial charge in [-0.2, -0.15) is 17.7 Å². The molecule has 0 unspecified atom stereocenters. The van der Waals surface area contributed by atoms with Crippen molar-refractivity contribution in [3.63, 3.8) is 0 Å². The van der Waals surface area contributed by atoms with Crippen molar-refractivity contribution in [1.82, 2.24) is 24.6 Å². The summed E-state index contributed by atoms with van der Waals surface area (Å²) >= 11 is 0. The molecule has 3 heterocycles. The Hall–Kier alpha value is -3.76. The first-order valence-electron chi connectivity index (χ1n) is 9.74. The van der Waals surface area contributed by atoms with E-state index in [0.717, 1.165) is 10.1 Å². The smallest absolute Gasteiger partial charge is 0.368 e. The van der Waals surface area contributed by atoms with Crippen molar-refractivity contribution in [2.24, 2.45) is 0 Å². The van der Waals surface area contributed by atoms with Crippen LogP contribution in [0.2, 0.25) is 0 Å². The summed E-state index contributed by atoms with van der Waals surface area (Å²) in [5.74, 6) is -0.472. The fraction of sp³-hybridized carbons (Fsp3) is 0.238. The molecular formula is C21H19F4N7. The van der Waals surface area contributed by atoms with E-state index in [2.05, 4.69) is 30.7 Å². The van der Waals surface area contributed by atoms with E-state index in [1.807, 2.05) is 19.1 Å². The van der Waals surface area contributed by atoms with Gasteiger partial charge in [0, 0.05) is 30.9 Å². The van der Waals surface area contributed by atoms with Gasteiger partial charge < -0.3 is 10.6 Å². The average Bonchev–Trinajstić information content (AvgIpc) is 3.23. The summed E-state index contributed by atoms with van der Waals surface area (Å²) in [6.07, 6.45) is -2.96. The Morgan fingerprint density at radius 1 is 0.969 bits per heavy atom. The topological polar surface area (TPSA) is 80.0 Å². The van der Waals surface area contributed by atoms with Crippen LogP contribution in [0.1, 0.15) is 17.0 Å². The second-order valence-corrected chi connectivity index (χ2v) is 7.07. The van der Waals surface area contributed by atoms with Crippen LogP contribution in [0.4, 0.5) is 29.3 Å². The summed E-state index contributed by atoms with van der Waals surface area (Å²) in [6, 6.07) is 11.7. The summed E-state index contributed by atoms with van der Waals surface area (Å²) in [6.45, 7) is 2.10. The second kappa shape index (κ2) is 8.77. The lowest BCUT2D eigenvalue weighted by atomic mass is 10.1. The molecule has 32 heavy (non-hydrogen) atoms. The number of fused-ring (bicyclic) bond motifs is 1. The minimum atomic E-state index is -4.69. The highest BCUT2D eigenvalue weighted by Gasteiger charge is 2.36. The number of pyridine rings is 1. The number of alkyl halides is 4. The number of aryl methyl sites for hydroxylation is 1. The van der Waals surface area contributed by atoms with Crippen LogP contribution in [0.15, 0.2) is 48.7 Å². The van der Waals surface area contributed by atoms with Gasteiger partial charge in [-0.05, 0) is 24.1 Å². The molecule has 4 rings (SSSR count). The minimum Gasteiger partial charge on any atom is -0.368 e. The van der Waals surface area contributed by atoms with E-state index in [9.17, 15) is 17.6 Å². The van der Waals surface area contributed by atoms with Gasteiger partial charge in [-0.15, -0.1) is 5.10 Å².